The van der Waals surface area contributed by atoms with Crippen molar-refractivity contribution in [2.24, 2.45) is 0 Å². The minimum absolute atomic E-state index is 0.441. The van der Waals surface area contributed by atoms with Gasteiger partial charge in [0.2, 0.25) is 0 Å². The third-order valence-corrected chi connectivity index (χ3v) is 4.03. The van der Waals surface area contributed by atoms with E-state index in [0.29, 0.717) is 5.56 Å². The van der Waals surface area contributed by atoms with Gasteiger partial charge >= 0.3 is 0 Å². The summed E-state index contributed by atoms with van der Waals surface area (Å²) in [6, 6.07) is 6.99. The van der Waals surface area contributed by atoms with Crippen LogP contribution in [0.2, 0.25) is 0 Å². The largest absolute Gasteiger partial charge is 0.384 e. The van der Waals surface area contributed by atoms with Crippen LogP contribution in [-0.2, 0) is 0 Å². The molecule has 2 nitrogen and oxygen atoms in total. The molecular formula is C13H11FINO. The van der Waals surface area contributed by atoms with Crippen molar-refractivity contribution in [3.8, 4) is 0 Å². The van der Waals surface area contributed by atoms with E-state index in [-0.39, 0.29) is 0 Å². The quantitative estimate of drug-likeness (QED) is 0.850. The summed E-state index contributed by atoms with van der Waals surface area (Å²) in [5, 5.41) is 10.2. The predicted molar refractivity (Wildman–Crippen MR) is 72.2 cm³/mol. The molecular weight excluding hydrogens is 332 g/mol. The Kier molecular flexibility index (Phi) is 3.73. The molecule has 1 atom stereocenters. The second kappa shape index (κ2) is 5.10. The van der Waals surface area contributed by atoms with Crippen molar-refractivity contribution < 1.29 is 9.50 Å². The van der Waals surface area contributed by atoms with E-state index in [1.165, 1.54) is 12.3 Å². The average molecular weight is 343 g/mol. The first-order chi connectivity index (χ1) is 8.09. The second-order valence-electron chi connectivity index (χ2n) is 3.82. The molecule has 17 heavy (non-hydrogen) atoms. The number of aliphatic hydroxyl groups excluding tert-OH is 1. The summed E-state index contributed by atoms with van der Waals surface area (Å²) in [5.74, 6) is -0.441. The fraction of sp³-hybridized carbons (Fsp3) is 0.154. The number of pyridine rings is 1. The third-order valence-electron chi connectivity index (χ3n) is 2.56. The van der Waals surface area contributed by atoms with Crippen molar-refractivity contribution in [1.82, 2.24) is 4.98 Å². The van der Waals surface area contributed by atoms with Crippen molar-refractivity contribution >= 4 is 22.6 Å². The molecule has 1 aromatic carbocycles. The Balaban J connectivity index is 2.44. The average Bonchev–Trinajstić information content (AvgIpc) is 2.32. The highest BCUT2D eigenvalue weighted by Gasteiger charge is 2.15. The summed E-state index contributed by atoms with van der Waals surface area (Å²) in [6.07, 6.45) is 1.76. The zero-order valence-electron chi connectivity index (χ0n) is 9.19. The molecule has 1 unspecified atom stereocenters. The summed E-state index contributed by atoms with van der Waals surface area (Å²) in [7, 11) is 0. The number of aliphatic hydroxyl groups is 1. The maximum absolute atomic E-state index is 13.0. The van der Waals surface area contributed by atoms with Crippen molar-refractivity contribution in [2.75, 3.05) is 0 Å². The first-order valence-corrected chi connectivity index (χ1v) is 6.21. The summed E-state index contributed by atoms with van der Waals surface area (Å²) in [5.41, 5.74) is 2.33. The molecule has 0 aliphatic rings. The smallest absolute Gasteiger partial charge is 0.141 e. The number of nitrogens with zero attached hydrogens (tertiary/aromatic N) is 1. The van der Waals surface area contributed by atoms with E-state index >= 15 is 0 Å². The Labute approximate surface area is 113 Å². The van der Waals surface area contributed by atoms with Crippen molar-refractivity contribution in [3.05, 3.63) is 62.7 Å². The second-order valence-corrected chi connectivity index (χ2v) is 4.90. The molecule has 1 aromatic heterocycles. The van der Waals surface area contributed by atoms with E-state index in [4.69, 9.17) is 0 Å². The van der Waals surface area contributed by atoms with Gasteiger partial charge in [-0.2, -0.15) is 0 Å². The van der Waals surface area contributed by atoms with Crippen LogP contribution in [-0.4, -0.2) is 10.1 Å². The summed E-state index contributed by atoms with van der Waals surface area (Å²) < 4.78 is 14.0. The Bertz CT molecular complexity index is 545. The van der Waals surface area contributed by atoms with Crippen LogP contribution in [0, 0.1) is 16.3 Å². The first-order valence-electron chi connectivity index (χ1n) is 5.13. The first kappa shape index (κ1) is 12.4. The molecule has 0 aliphatic heterocycles. The molecule has 2 rings (SSSR count). The van der Waals surface area contributed by atoms with E-state index in [0.717, 1.165) is 20.9 Å². The topological polar surface area (TPSA) is 33.1 Å². The fourth-order valence-corrected chi connectivity index (χ4v) is 2.29. The van der Waals surface area contributed by atoms with Gasteiger partial charge in [-0.1, -0.05) is 18.2 Å². The van der Waals surface area contributed by atoms with Crippen molar-refractivity contribution in [3.63, 3.8) is 0 Å². The normalized spacial score (nSPS) is 12.5. The van der Waals surface area contributed by atoms with Crippen molar-refractivity contribution in [2.45, 2.75) is 13.0 Å². The molecule has 0 aliphatic carbocycles. The molecule has 0 saturated carbocycles. The summed E-state index contributed by atoms with van der Waals surface area (Å²) >= 11 is 2.18. The monoisotopic (exact) mass is 343 g/mol. The Morgan fingerprint density at radius 1 is 1.35 bits per heavy atom. The van der Waals surface area contributed by atoms with Crippen LogP contribution in [0.1, 0.15) is 22.8 Å². The van der Waals surface area contributed by atoms with Crippen LogP contribution in [0.4, 0.5) is 4.39 Å². The van der Waals surface area contributed by atoms with Gasteiger partial charge in [0, 0.05) is 15.3 Å². The van der Waals surface area contributed by atoms with Crippen molar-refractivity contribution in [1.29, 1.82) is 0 Å². The Morgan fingerprint density at radius 3 is 2.82 bits per heavy atom. The zero-order valence-corrected chi connectivity index (χ0v) is 11.3. The molecule has 0 bridgehead atoms. The van der Waals surface area contributed by atoms with Gasteiger partial charge in [-0.25, -0.2) is 4.39 Å². The molecule has 4 heteroatoms. The van der Waals surface area contributed by atoms with Crippen LogP contribution >= 0.6 is 22.6 Å². The number of rotatable bonds is 2. The number of aryl methyl sites for hydroxylation is 1. The molecule has 0 amide bonds. The van der Waals surface area contributed by atoms with Gasteiger partial charge in [-0.05, 0) is 46.7 Å². The summed E-state index contributed by atoms with van der Waals surface area (Å²) in [6.45, 7) is 1.97. The highest BCUT2D eigenvalue weighted by Crippen LogP contribution is 2.27. The highest BCUT2D eigenvalue weighted by atomic mass is 127. The molecule has 1 heterocycles. The fourth-order valence-electron chi connectivity index (χ4n) is 1.64. The van der Waals surface area contributed by atoms with E-state index in [1.807, 2.05) is 25.1 Å². The molecule has 1 N–H and O–H groups in total. The number of hydrogen-bond donors (Lipinski definition) is 1. The van der Waals surface area contributed by atoms with E-state index in [2.05, 4.69) is 27.6 Å². The maximum atomic E-state index is 13.0. The highest BCUT2D eigenvalue weighted by molar-refractivity contribution is 14.1. The lowest BCUT2D eigenvalue weighted by molar-refractivity contribution is 0.218. The van der Waals surface area contributed by atoms with Crippen LogP contribution < -0.4 is 0 Å². The van der Waals surface area contributed by atoms with Crippen LogP contribution in [0.15, 0.2) is 36.7 Å². The minimum Gasteiger partial charge on any atom is -0.384 e. The lowest BCUT2D eigenvalue weighted by atomic mass is 10.0. The van der Waals surface area contributed by atoms with Crippen LogP contribution in [0.25, 0.3) is 0 Å². The Hall–Kier alpha value is -1.01. The van der Waals surface area contributed by atoms with E-state index in [1.54, 1.807) is 0 Å². The van der Waals surface area contributed by atoms with Gasteiger partial charge in [-0.3, -0.25) is 4.98 Å². The molecule has 0 fully saturated rings. The van der Waals surface area contributed by atoms with Gasteiger partial charge in [0.15, 0.2) is 0 Å². The van der Waals surface area contributed by atoms with Gasteiger partial charge in [-0.15, -0.1) is 0 Å². The van der Waals surface area contributed by atoms with Gasteiger partial charge < -0.3 is 5.11 Å². The zero-order chi connectivity index (χ0) is 12.4. The van der Waals surface area contributed by atoms with Crippen LogP contribution in [0.3, 0.4) is 0 Å². The lowest BCUT2D eigenvalue weighted by Crippen LogP contribution is -2.04. The SMILES string of the molecule is Cc1cccc(C(O)c2cncc(F)c2)c1I. The van der Waals surface area contributed by atoms with E-state index < -0.39 is 11.9 Å². The van der Waals surface area contributed by atoms with E-state index in [9.17, 15) is 9.50 Å². The molecule has 0 radical (unpaired) electrons. The third kappa shape index (κ3) is 2.63. The maximum Gasteiger partial charge on any atom is 0.141 e. The number of hydrogen-bond acceptors (Lipinski definition) is 2. The van der Waals surface area contributed by atoms with Gasteiger partial charge in [0.1, 0.15) is 11.9 Å². The van der Waals surface area contributed by atoms with Crippen LogP contribution in [0.5, 0.6) is 0 Å². The lowest BCUT2D eigenvalue weighted by Gasteiger charge is -2.14. The van der Waals surface area contributed by atoms with Gasteiger partial charge in [0.25, 0.3) is 0 Å². The molecule has 0 saturated heterocycles. The number of benzene rings is 1. The Morgan fingerprint density at radius 2 is 2.12 bits per heavy atom. The molecule has 0 spiro atoms. The van der Waals surface area contributed by atoms with Gasteiger partial charge in [0.05, 0.1) is 6.20 Å². The molecule has 88 valence electrons. The molecule has 2 aromatic rings. The summed E-state index contributed by atoms with van der Waals surface area (Å²) in [4.78, 5) is 3.75. The minimum atomic E-state index is -0.843. The predicted octanol–water partition coefficient (Wildman–Crippen LogP) is 3.22. The number of halogens is 2. The number of aromatic nitrogens is 1. The standard InChI is InChI=1S/C13H11FINO/c1-8-3-2-4-11(12(8)15)13(17)9-5-10(14)7-16-6-9/h2-7,13,17H,1H3.